The number of aryl methyl sites for hydroxylation is 2. The van der Waals surface area contributed by atoms with Crippen molar-refractivity contribution in [2.45, 2.75) is 39.8 Å². The maximum Gasteiger partial charge on any atom is 0.261 e. The van der Waals surface area contributed by atoms with Crippen LogP contribution in [0.1, 0.15) is 30.0 Å². The van der Waals surface area contributed by atoms with Crippen LogP contribution in [0.2, 0.25) is 5.02 Å². The number of carbonyl (C=O) groups is 1. The summed E-state index contributed by atoms with van der Waals surface area (Å²) in [6, 6.07) is 13.4. The summed E-state index contributed by atoms with van der Waals surface area (Å²) >= 11 is 6.01. The van der Waals surface area contributed by atoms with E-state index in [0.29, 0.717) is 23.7 Å². The minimum absolute atomic E-state index is 0.108. The van der Waals surface area contributed by atoms with Gasteiger partial charge in [-0.25, -0.2) is 0 Å². The second kappa shape index (κ2) is 8.02. The van der Waals surface area contributed by atoms with Gasteiger partial charge in [0.15, 0.2) is 6.10 Å². The number of hydrogen-bond acceptors (Lipinski definition) is 2. The van der Waals surface area contributed by atoms with E-state index in [4.69, 9.17) is 16.3 Å². The van der Waals surface area contributed by atoms with Crippen LogP contribution in [0.5, 0.6) is 5.75 Å². The highest BCUT2D eigenvalue weighted by Crippen LogP contribution is 2.22. The third-order valence-corrected chi connectivity index (χ3v) is 4.21. The Morgan fingerprint density at radius 1 is 1.17 bits per heavy atom. The van der Waals surface area contributed by atoms with E-state index in [0.717, 1.165) is 16.7 Å². The van der Waals surface area contributed by atoms with E-state index in [-0.39, 0.29) is 5.91 Å². The zero-order valence-electron chi connectivity index (χ0n) is 13.7. The van der Waals surface area contributed by atoms with Crippen molar-refractivity contribution in [2.24, 2.45) is 0 Å². The molecule has 0 radical (unpaired) electrons. The molecule has 0 heterocycles. The Balaban J connectivity index is 1.98. The molecule has 0 saturated carbocycles. The lowest BCUT2D eigenvalue weighted by Gasteiger charge is -2.18. The van der Waals surface area contributed by atoms with Gasteiger partial charge in [-0.2, -0.15) is 0 Å². The maximum absolute atomic E-state index is 12.4. The highest BCUT2D eigenvalue weighted by atomic mass is 35.5. The minimum Gasteiger partial charge on any atom is -0.481 e. The van der Waals surface area contributed by atoms with E-state index in [1.165, 1.54) is 0 Å². The zero-order chi connectivity index (χ0) is 16.8. The summed E-state index contributed by atoms with van der Waals surface area (Å²) in [4.78, 5) is 12.4. The van der Waals surface area contributed by atoms with Crippen LogP contribution in [-0.4, -0.2) is 12.0 Å². The normalized spacial score (nSPS) is 11.8. The highest BCUT2D eigenvalue weighted by molar-refractivity contribution is 6.31. The Labute approximate surface area is 142 Å². The second-order valence-corrected chi connectivity index (χ2v) is 5.98. The topological polar surface area (TPSA) is 38.3 Å². The molecular formula is C19H22ClNO2. The predicted octanol–water partition coefficient (Wildman–Crippen LogP) is 4.43. The number of amides is 1. The SMILES string of the molecule is CC[C@@H](Oc1ccc(Cl)c(C)c1)C(=O)NCc1ccccc1C. The summed E-state index contributed by atoms with van der Waals surface area (Å²) in [5.41, 5.74) is 3.20. The summed E-state index contributed by atoms with van der Waals surface area (Å²) in [6.07, 6.45) is 0.0842. The molecule has 122 valence electrons. The lowest BCUT2D eigenvalue weighted by Crippen LogP contribution is -2.37. The van der Waals surface area contributed by atoms with E-state index in [9.17, 15) is 4.79 Å². The van der Waals surface area contributed by atoms with Gasteiger partial charge in [0.2, 0.25) is 0 Å². The molecule has 23 heavy (non-hydrogen) atoms. The summed E-state index contributed by atoms with van der Waals surface area (Å²) < 4.78 is 5.81. The zero-order valence-corrected chi connectivity index (χ0v) is 14.5. The van der Waals surface area contributed by atoms with Crippen molar-refractivity contribution in [3.63, 3.8) is 0 Å². The van der Waals surface area contributed by atoms with Gasteiger partial charge in [-0.3, -0.25) is 4.79 Å². The first-order valence-electron chi connectivity index (χ1n) is 7.76. The lowest BCUT2D eigenvalue weighted by molar-refractivity contribution is -0.128. The summed E-state index contributed by atoms with van der Waals surface area (Å²) in [5, 5.41) is 3.64. The molecule has 3 nitrogen and oxygen atoms in total. The molecule has 0 aliphatic heterocycles. The summed E-state index contributed by atoms with van der Waals surface area (Å²) in [5.74, 6) is 0.549. The van der Waals surface area contributed by atoms with E-state index in [2.05, 4.69) is 5.32 Å². The molecule has 0 fully saturated rings. The van der Waals surface area contributed by atoms with Crippen LogP contribution < -0.4 is 10.1 Å². The monoisotopic (exact) mass is 331 g/mol. The number of ether oxygens (including phenoxy) is 1. The third-order valence-electron chi connectivity index (χ3n) is 3.79. The van der Waals surface area contributed by atoms with Crippen molar-refractivity contribution >= 4 is 17.5 Å². The highest BCUT2D eigenvalue weighted by Gasteiger charge is 2.18. The first kappa shape index (κ1) is 17.4. The molecule has 2 aromatic carbocycles. The fourth-order valence-corrected chi connectivity index (χ4v) is 2.40. The van der Waals surface area contributed by atoms with Gasteiger partial charge in [0.25, 0.3) is 5.91 Å². The number of halogens is 1. The molecule has 4 heteroatoms. The molecule has 0 aliphatic carbocycles. The molecule has 0 aromatic heterocycles. The van der Waals surface area contributed by atoms with Crippen LogP contribution in [0.25, 0.3) is 0 Å². The quantitative estimate of drug-likeness (QED) is 0.850. The summed E-state index contributed by atoms with van der Waals surface area (Å²) in [6.45, 7) is 6.38. The Hall–Kier alpha value is -2.00. The number of hydrogen-bond donors (Lipinski definition) is 1. The maximum atomic E-state index is 12.4. The van der Waals surface area contributed by atoms with Crippen LogP contribution >= 0.6 is 11.6 Å². The summed E-state index contributed by atoms with van der Waals surface area (Å²) in [7, 11) is 0. The van der Waals surface area contributed by atoms with E-state index < -0.39 is 6.10 Å². The van der Waals surface area contributed by atoms with Crippen molar-refractivity contribution < 1.29 is 9.53 Å². The van der Waals surface area contributed by atoms with Crippen LogP contribution in [0.15, 0.2) is 42.5 Å². The van der Waals surface area contributed by atoms with Crippen LogP contribution in [0.3, 0.4) is 0 Å². The van der Waals surface area contributed by atoms with E-state index in [1.807, 2.05) is 51.1 Å². The van der Waals surface area contributed by atoms with Gasteiger partial charge in [0.1, 0.15) is 5.75 Å². The Bertz CT molecular complexity index is 685. The van der Waals surface area contributed by atoms with E-state index in [1.54, 1.807) is 12.1 Å². The molecule has 0 spiro atoms. The molecule has 2 aromatic rings. The second-order valence-electron chi connectivity index (χ2n) is 5.57. The minimum atomic E-state index is -0.514. The van der Waals surface area contributed by atoms with Gasteiger partial charge in [0.05, 0.1) is 0 Å². The van der Waals surface area contributed by atoms with Gasteiger partial charge >= 0.3 is 0 Å². The molecule has 0 unspecified atom stereocenters. The lowest BCUT2D eigenvalue weighted by atomic mass is 10.1. The molecule has 2 rings (SSSR count). The van der Waals surface area contributed by atoms with Crippen LogP contribution in [0, 0.1) is 13.8 Å². The number of carbonyl (C=O) groups excluding carboxylic acids is 1. The predicted molar refractivity (Wildman–Crippen MR) is 93.9 cm³/mol. The number of nitrogens with one attached hydrogen (secondary N) is 1. The van der Waals surface area contributed by atoms with Crippen molar-refractivity contribution in [1.29, 1.82) is 0 Å². The van der Waals surface area contributed by atoms with Gasteiger partial charge in [0, 0.05) is 11.6 Å². The Morgan fingerprint density at radius 2 is 1.91 bits per heavy atom. The smallest absolute Gasteiger partial charge is 0.261 e. The average molecular weight is 332 g/mol. The molecule has 0 aliphatic rings. The third kappa shape index (κ3) is 4.73. The van der Waals surface area contributed by atoms with Gasteiger partial charge in [-0.1, -0.05) is 42.8 Å². The molecule has 1 N–H and O–H groups in total. The van der Waals surface area contributed by atoms with Gasteiger partial charge < -0.3 is 10.1 Å². The van der Waals surface area contributed by atoms with Crippen molar-refractivity contribution in [3.8, 4) is 5.75 Å². The Morgan fingerprint density at radius 3 is 2.57 bits per heavy atom. The Kier molecular flexibility index (Phi) is 6.05. The fraction of sp³-hybridized carbons (Fsp3) is 0.316. The van der Waals surface area contributed by atoms with Crippen molar-refractivity contribution in [2.75, 3.05) is 0 Å². The van der Waals surface area contributed by atoms with Crippen LogP contribution in [0.4, 0.5) is 0 Å². The fourth-order valence-electron chi connectivity index (χ4n) is 2.28. The van der Waals surface area contributed by atoms with Gasteiger partial charge in [-0.15, -0.1) is 0 Å². The molecule has 1 amide bonds. The number of rotatable bonds is 6. The largest absolute Gasteiger partial charge is 0.481 e. The number of benzene rings is 2. The van der Waals surface area contributed by atoms with Crippen molar-refractivity contribution in [3.05, 3.63) is 64.2 Å². The standard InChI is InChI=1S/C19H22ClNO2/c1-4-18(23-16-9-10-17(20)14(3)11-16)19(22)21-12-15-8-6-5-7-13(15)2/h5-11,18H,4,12H2,1-3H3,(H,21,22)/t18-/m1/s1. The molecule has 1 atom stereocenters. The van der Waals surface area contributed by atoms with Crippen molar-refractivity contribution in [1.82, 2.24) is 5.32 Å². The average Bonchev–Trinajstić information content (AvgIpc) is 2.54. The molecule has 0 saturated heterocycles. The van der Waals surface area contributed by atoms with Crippen LogP contribution in [-0.2, 0) is 11.3 Å². The van der Waals surface area contributed by atoms with E-state index >= 15 is 0 Å². The molecular weight excluding hydrogens is 310 g/mol. The molecule has 0 bridgehead atoms. The first-order valence-corrected chi connectivity index (χ1v) is 8.14. The van der Waals surface area contributed by atoms with Gasteiger partial charge in [-0.05, 0) is 55.2 Å². The first-order chi connectivity index (χ1) is 11.0.